The molecule has 102 valence electrons. The predicted octanol–water partition coefficient (Wildman–Crippen LogP) is 2.29. The second kappa shape index (κ2) is 8.90. The minimum absolute atomic E-state index is 0.322. The molecule has 1 rings (SSSR count). The van der Waals surface area contributed by atoms with E-state index in [1.165, 1.54) is 19.4 Å². The van der Waals surface area contributed by atoms with Crippen LogP contribution in [0, 0.1) is 5.92 Å². The number of aliphatic hydroxyl groups is 1. The van der Waals surface area contributed by atoms with Gasteiger partial charge in [0.1, 0.15) is 0 Å². The quantitative estimate of drug-likeness (QED) is 0.565. The first-order valence-electron chi connectivity index (χ1n) is 7.24. The summed E-state index contributed by atoms with van der Waals surface area (Å²) in [5, 5.41) is 9.91. The summed E-state index contributed by atoms with van der Waals surface area (Å²) in [7, 11) is 0. The summed E-state index contributed by atoms with van der Waals surface area (Å²) in [6, 6.07) is 0. The lowest BCUT2D eigenvalue weighted by atomic mass is 10.2. The van der Waals surface area contributed by atoms with Gasteiger partial charge in [-0.05, 0) is 38.1 Å². The summed E-state index contributed by atoms with van der Waals surface area (Å²) >= 11 is 0. The van der Waals surface area contributed by atoms with Gasteiger partial charge in [-0.2, -0.15) is 0 Å². The fraction of sp³-hybridized carbons (Fsp3) is 1.00. The molecule has 1 saturated carbocycles. The smallest absolute Gasteiger partial charge is 0.0900 e. The molecule has 0 aromatic heterocycles. The predicted molar refractivity (Wildman–Crippen MR) is 71.2 cm³/mol. The van der Waals surface area contributed by atoms with Crippen molar-refractivity contribution in [1.82, 2.24) is 4.90 Å². The van der Waals surface area contributed by atoms with Gasteiger partial charge in [-0.15, -0.1) is 0 Å². The van der Waals surface area contributed by atoms with Crippen LogP contribution in [-0.2, 0) is 4.74 Å². The van der Waals surface area contributed by atoms with Gasteiger partial charge in [0.25, 0.3) is 0 Å². The van der Waals surface area contributed by atoms with Gasteiger partial charge in [0, 0.05) is 19.7 Å². The zero-order valence-electron chi connectivity index (χ0n) is 11.5. The summed E-state index contributed by atoms with van der Waals surface area (Å²) in [6.45, 7) is 8.66. The molecule has 1 atom stereocenters. The van der Waals surface area contributed by atoms with Crippen LogP contribution < -0.4 is 0 Å². The first-order chi connectivity index (χ1) is 8.26. The maximum atomic E-state index is 9.91. The lowest BCUT2D eigenvalue weighted by Crippen LogP contribution is -2.36. The Morgan fingerprint density at radius 1 is 1.29 bits per heavy atom. The van der Waals surface area contributed by atoms with Crippen LogP contribution in [0.1, 0.15) is 46.0 Å². The average molecular weight is 243 g/mol. The third kappa shape index (κ3) is 7.74. The van der Waals surface area contributed by atoms with Gasteiger partial charge in [0.15, 0.2) is 0 Å². The van der Waals surface area contributed by atoms with Gasteiger partial charge >= 0.3 is 0 Å². The third-order valence-corrected chi connectivity index (χ3v) is 3.17. The van der Waals surface area contributed by atoms with Crippen molar-refractivity contribution in [3.05, 3.63) is 0 Å². The number of rotatable bonds is 11. The highest BCUT2D eigenvalue weighted by atomic mass is 16.5. The van der Waals surface area contributed by atoms with Crippen molar-refractivity contribution in [1.29, 1.82) is 0 Å². The lowest BCUT2D eigenvalue weighted by molar-refractivity contribution is 0.0150. The molecule has 0 aromatic carbocycles. The van der Waals surface area contributed by atoms with Crippen LogP contribution >= 0.6 is 0 Å². The molecule has 3 nitrogen and oxygen atoms in total. The van der Waals surface area contributed by atoms with Crippen molar-refractivity contribution < 1.29 is 9.84 Å². The van der Waals surface area contributed by atoms with Crippen LogP contribution in [0.5, 0.6) is 0 Å². The van der Waals surface area contributed by atoms with Crippen LogP contribution in [0.4, 0.5) is 0 Å². The Balaban J connectivity index is 2.08. The molecule has 0 amide bonds. The van der Waals surface area contributed by atoms with E-state index >= 15 is 0 Å². The molecule has 0 heterocycles. The summed E-state index contributed by atoms with van der Waals surface area (Å²) in [5.74, 6) is 0.898. The Hall–Kier alpha value is -0.120. The lowest BCUT2D eigenvalue weighted by Gasteiger charge is -2.24. The molecular weight excluding hydrogens is 214 g/mol. The number of ether oxygens (including phenoxy) is 1. The molecule has 1 unspecified atom stereocenters. The number of nitrogens with zero attached hydrogens (tertiary/aromatic N) is 1. The Morgan fingerprint density at radius 2 is 2.06 bits per heavy atom. The standard InChI is InChI=1S/C14H29NO2/c1-3-5-9-17-12-14(16)11-15(8-4-2)10-13-6-7-13/h13-14,16H,3-12H2,1-2H3. The normalized spacial score (nSPS) is 17.6. The Morgan fingerprint density at radius 3 is 2.65 bits per heavy atom. The summed E-state index contributed by atoms with van der Waals surface area (Å²) in [5.41, 5.74) is 0. The van der Waals surface area contributed by atoms with E-state index in [0.29, 0.717) is 6.61 Å². The van der Waals surface area contributed by atoms with Crippen LogP contribution in [0.3, 0.4) is 0 Å². The number of hydrogen-bond acceptors (Lipinski definition) is 3. The van der Waals surface area contributed by atoms with E-state index in [1.807, 2.05) is 0 Å². The zero-order chi connectivity index (χ0) is 12.5. The molecule has 1 aliphatic carbocycles. The van der Waals surface area contributed by atoms with Gasteiger partial charge in [0.05, 0.1) is 12.7 Å². The zero-order valence-corrected chi connectivity index (χ0v) is 11.5. The molecule has 1 fully saturated rings. The van der Waals surface area contributed by atoms with Crippen LogP contribution in [-0.4, -0.2) is 49.0 Å². The molecule has 1 aliphatic rings. The fourth-order valence-corrected chi connectivity index (χ4v) is 2.06. The second-order valence-electron chi connectivity index (χ2n) is 5.29. The Kier molecular flexibility index (Phi) is 7.82. The molecule has 0 bridgehead atoms. The highest BCUT2D eigenvalue weighted by Crippen LogP contribution is 2.29. The van der Waals surface area contributed by atoms with Gasteiger partial charge in [-0.25, -0.2) is 0 Å². The maximum absolute atomic E-state index is 9.91. The fourth-order valence-electron chi connectivity index (χ4n) is 2.06. The molecule has 3 heteroatoms. The van der Waals surface area contributed by atoms with E-state index < -0.39 is 0 Å². The molecule has 0 radical (unpaired) electrons. The molecule has 17 heavy (non-hydrogen) atoms. The minimum atomic E-state index is -0.322. The second-order valence-corrected chi connectivity index (χ2v) is 5.29. The SMILES string of the molecule is CCCCOCC(O)CN(CCC)CC1CC1. The molecule has 0 aliphatic heterocycles. The van der Waals surface area contributed by atoms with E-state index in [2.05, 4.69) is 18.7 Å². The number of hydrogen-bond donors (Lipinski definition) is 1. The van der Waals surface area contributed by atoms with E-state index in [1.54, 1.807) is 0 Å². The van der Waals surface area contributed by atoms with E-state index in [0.717, 1.165) is 44.9 Å². The first-order valence-corrected chi connectivity index (χ1v) is 7.24. The summed E-state index contributed by atoms with van der Waals surface area (Å²) < 4.78 is 5.46. The molecule has 0 aromatic rings. The highest BCUT2D eigenvalue weighted by Gasteiger charge is 2.24. The third-order valence-electron chi connectivity index (χ3n) is 3.17. The van der Waals surface area contributed by atoms with Crippen molar-refractivity contribution >= 4 is 0 Å². The summed E-state index contributed by atoms with van der Waals surface area (Å²) in [6.07, 6.45) is 5.84. The van der Waals surface area contributed by atoms with Crippen molar-refractivity contribution in [2.75, 3.05) is 32.8 Å². The highest BCUT2D eigenvalue weighted by molar-refractivity contribution is 4.78. The average Bonchev–Trinajstić information content (AvgIpc) is 3.08. The first kappa shape index (κ1) is 14.9. The summed E-state index contributed by atoms with van der Waals surface area (Å²) in [4.78, 5) is 2.39. The van der Waals surface area contributed by atoms with E-state index in [4.69, 9.17) is 4.74 Å². The van der Waals surface area contributed by atoms with E-state index in [9.17, 15) is 5.11 Å². The monoisotopic (exact) mass is 243 g/mol. The van der Waals surface area contributed by atoms with Gasteiger partial charge in [-0.3, -0.25) is 0 Å². The van der Waals surface area contributed by atoms with Crippen molar-refractivity contribution in [2.45, 2.75) is 52.1 Å². The van der Waals surface area contributed by atoms with Crippen LogP contribution in [0.15, 0.2) is 0 Å². The molecular formula is C14H29NO2. The van der Waals surface area contributed by atoms with Crippen molar-refractivity contribution in [2.24, 2.45) is 5.92 Å². The van der Waals surface area contributed by atoms with Gasteiger partial charge in [0.2, 0.25) is 0 Å². The minimum Gasteiger partial charge on any atom is -0.389 e. The largest absolute Gasteiger partial charge is 0.389 e. The Labute approximate surface area is 106 Å². The van der Waals surface area contributed by atoms with Gasteiger partial charge in [-0.1, -0.05) is 20.3 Å². The molecule has 0 saturated heterocycles. The van der Waals surface area contributed by atoms with Crippen molar-refractivity contribution in [3.63, 3.8) is 0 Å². The maximum Gasteiger partial charge on any atom is 0.0900 e. The molecule has 1 N–H and O–H groups in total. The Bertz CT molecular complexity index is 183. The molecule has 0 spiro atoms. The number of aliphatic hydroxyl groups excluding tert-OH is 1. The van der Waals surface area contributed by atoms with E-state index in [-0.39, 0.29) is 6.10 Å². The number of unbranched alkanes of at least 4 members (excludes halogenated alkanes) is 1. The van der Waals surface area contributed by atoms with Crippen LogP contribution in [0.25, 0.3) is 0 Å². The van der Waals surface area contributed by atoms with Crippen molar-refractivity contribution in [3.8, 4) is 0 Å². The van der Waals surface area contributed by atoms with Gasteiger partial charge < -0.3 is 14.7 Å². The topological polar surface area (TPSA) is 32.7 Å². The van der Waals surface area contributed by atoms with Crippen LogP contribution in [0.2, 0.25) is 0 Å².